The molecule has 3 nitrogen and oxygen atoms in total. The fourth-order valence-corrected chi connectivity index (χ4v) is 1.86. The molecule has 88 valence electrons. The van der Waals surface area contributed by atoms with Gasteiger partial charge in [-0.25, -0.2) is 4.79 Å². The number of carbonyl (C=O) groups is 1. The molecule has 2 aromatic rings. The number of carboxylic acid groups (broad SMARTS) is 1. The predicted octanol–water partition coefficient (Wildman–Crippen LogP) is 3.31. The van der Waals surface area contributed by atoms with E-state index in [1.807, 2.05) is 48.8 Å². The summed E-state index contributed by atoms with van der Waals surface area (Å²) in [6.07, 6.45) is 2.03. The maximum Gasteiger partial charge on any atom is 0.352 e. The van der Waals surface area contributed by atoms with Crippen molar-refractivity contribution in [3.05, 3.63) is 47.7 Å². The minimum atomic E-state index is -0.886. The summed E-state index contributed by atoms with van der Waals surface area (Å²) in [5, 5.41) is 10.2. The molecule has 1 aromatic heterocycles. The number of fused-ring (bicyclic) bond motifs is 1. The van der Waals surface area contributed by atoms with Crippen LogP contribution in [-0.4, -0.2) is 15.6 Å². The van der Waals surface area contributed by atoms with Crippen molar-refractivity contribution in [2.24, 2.45) is 0 Å². The van der Waals surface area contributed by atoms with E-state index in [0.29, 0.717) is 12.2 Å². The Hall–Kier alpha value is -2.03. The van der Waals surface area contributed by atoms with Gasteiger partial charge >= 0.3 is 5.97 Å². The largest absolute Gasteiger partial charge is 0.477 e. The van der Waals surface area contributed by atoms with Gasteiger partial charge in [0.1, 0.15) is 5.69 Å². The summed E-state index contributed by atoms with van der Waals surface area (Å²) in [6, 6.07) is 9.43. The number of benzene rings is 1. The second-order valence-corrected chi connectivity index (χ2v) is 4.29. The fraction of sp³-hybridized carbons (Fsp3) is 0.214. The van der Waals surface area contributed by atoms with Crippen molar-refractivity contribution in [3.8, 4) is 0 Å². The summed E-state index contributed by atoms with van der Waals surface area (Å²) in [5.41, 5.74) is 2.48. The molecule has 0 aliphatic carbocycles. The van der Waals surface area contributed by atoms with E-state index < -0.39 is 5.97 Å². The van der Waals surface area contributed by atoms with Gasteiger partial charge in [-0.05, 0) is 26.0 Å². The highest BCUT2D eigenvalue weighted by atomic mass is 16.4. The SMILES string of the molecule is CC(C)=CCn1c(C(=O)O)cc2ccccc21. The number of allylic oxidation sites excluding steroid dienone is 2. The Labute approximate surface area is 100.0 Å². The molecule has 1 aromatic carbocycles. The Morgan fingerprint density at radius 3 is 2.71 bits per heavy atom. The highest BCUT2D eigenvalue weighted by Crippen LogP contribution is 2.20. The van der Waals surface area contributed by atoms with Crippen LogP contribution in [0.4, 0.5) is 0 Å². The van der Waals surface area contributed by atoms with Gasteiger partial charge < -0.3 is 9.67 Å². The zero-order chi connectivity index (χ0) is 12.4. The normalized spacial score (nSPS) is 10.5. The van der Waals surface area contributed by atoms with Crippen LogP contribution in [-0.2, 0) is 6.54 Å². The Morgan fingerprint density at radius 1 is 1.35 bits per heavy atom. The minimum Gasteiger partial charge on any atom is -0.477 e. The van der Waals surface area contributed by atoms with Crippen LogP contribution in [0.15, 0.2) is 42.0 Å². The average molecular weight is 229 g/mol. The molecule has 2 rings (SSSR count). The molecular formula is C14H15NO2. The first-order valence-corrected chi connectivity index (χ1v) is 5.54. The highest BCUT2D eigenvalue weighted by Gasteiger charge is 2.12. The van der Waals surface area contributed by atoms with Gasteiger partial charge in [-0.1, -0.05) is 29.8 Å². The first kappa shape index (κ1) is 11.5. The highest BCUT2D eigenvalue weighted by molar-refractivity contribution is 5.94. The average Bonchev–Trinajstić information content (AvgIpc) is 2.65. The molecule has 1 N–H and O–H groups in total. The number of aromatic nitrogens is 1. The lowest BCUT2D eigenvalue weighted by atomic mass is 10.2. The van der Waals surface area contributed by atoms with E-state index in [4.69, 9.17) is 0 Å². The number of para-hydroxylation sites is 1. The summed E-state index contributed by atoms with van der Waals surface area (Å²) in [6.45, 7) is 4.61. The molecule has 0 atom stereocenters. The number of carboxylic acids is 1. The number of rotatable bonds is 3. The van der Waals surface area contributed by atoms with Crippen molar-refractivity contribution in [3.63, 3.8) is 0 Å². The van der Waals surface area contributed by atoms with Gasteiger partial charge in [0.2, 0.25) is 0 Å². The molecule has 0 aliphatic rings. The fourth-order valence-electron chi connectivity index (χ4n) is 1.86. The molecule has 0 radical (unpaired) electrons. The van der Waals surface area contributed by atoms with E-state index in [0.717, 1.165) is 10.9 Å². The van der Waals surface area contributed by atoms with E-state index in [9.17, 15) is 9.90 Å². The van der Waals surface area contributed by atoms with Gasteiger partial charge in [0, 0.05) is 17.4 Å². The molecule has 0 saturated heterocycles. The molecule has 0 saturated carbocycles. The first-order chi connectivity index (χ1) is 8.09. The third-order valence-corrected chi connectivity index (χ3v) is 2.71. The summed E-state index contributed by atoms with van der Waals surface area (Å²) in [4.78, 5) is 11.2. The second kappa shape index (κ2) is 4.45. The predicted molar refractivity (Wildman–Crippen MR) is 68.3 cm³/mol. The number of nitrogens with zero attached hydrogens (tertiary/aromatic N) is 1. The van der Waals surface area contributed by atoms with Crippen LogP contribution in [0, 0.1) is 0 Å². The topological polar surface area (TPSA) is 42.2 Å². The molecule has 3 heteroatoms. The summed E-state index contributed by atoms with van der Waals surface area (Å²) in [7, 11) is 0. The molecule has 1 heterocycles. The van der Waals surface area contributed by atoms with Crippen molar-refractivity contribution in [2.75, 3.05) is 0 Å². The lowest BCUT2D eigenvalue weighted by Crippen LogP contribution is -2.07. The third kappa shape index (κ3) is 2.23. The monoisotopic (exact) mass is 229 g/mol. The van der Waals surface area contributed by atoms with E-state index in [1.54, 1.807) is 6.07 Å². The maximum absolute atomic E-state index is 11.2. The van der Waals surface area contributed by atoms with Crippen LogP contribution in [0.3, 0.4) is 0 Å². The molecule has 0 fully saturated rings. The van der Waals surface area contributed by atoms with Crippen molar-refractivity contribution < 1.29 is 9.90 Å². The number of hydrogen-bond acceptors (Lipinski definition) is 1. The van der Waals surface area contributed by atoms with Crippen LogP contribution in [0.2, 0.25) is 0 Å². The van der Waals surface area contributed by atoms with Crippen LogP contribution in [0.25, 0.3) is 10.9 Å². The van der Waals surface area contributed by atoms with Gasteiger partial charge in [-0.2, -0.15) is 0 Å². The third-order valence-electron chi connectivity index (χ3n) is 2.71. The zero-order valence-electron chi connectivity index (χ0n) is 9.97. The Balaban J connectivity index is 2.59. The second-order valence-electron chi connectivity index (χ2n) is 4.29. The summed E-state index contributed by atoms with van der Waals surface area (Å²) in [5.74, 6) is -0.886. The smallest absolute Gasteiger partial charge is 0.352 e. The Bertz CT molecular complexity index is 589. The summed E-state index contributed by atoms with van der Waals surface area (Å²) >= 11 is 0. The summed E-state index contributed by atoms with van der Waals surface area (Å²) < 4.78 is 1.82. The van der Waals surface area contributed by atoms with Crippen molar-refractivity contribution >= 4 is 16.9 Å². The lowest BCUT2D eigenvalue weighted by Gasteiger charge is -2.05. The Morgan fingerprint density at radius 2 is 2.06 bits per heavy atom. The molecule has 17 heavy (non-hydrogen) atoms. The van der Waals surface area contributed by atoms with Gasteiger partial charge in [0.25, 0.3) is 0 Å². The van der Waals surface area contributed by atoms with Gasteiger partial charge in [-0.3, -0.25) is 0 Å². The minimum absolute atomic E-state index is 0.337. The zero-order valence-corrected chi connectivity index (χ0v) is 9.97. The molecule has 0 spiro atoms. The van der Waals surface area contributed by atoms with Crippen LogP contribution < -0.4 is 0 Å². The standard InChI is InChI=1S/C14H15NO2/c1-10(2)7-8-15-12-6-4-3-5-11(12)9-13(15)14(16)17/h3-7,9H,8H2,1-2H3,(H,16,17). The van der Waals surface area contributed by atoms with Crippen LogP contribution >= 0.6 is 0 Å². The van der Waals surface area contributed by atoms with Crippen molar-refractivity contribution in [1.29, 1.82) is 0 Å². The molecule has 0 bridgehead atoms. The maximum atomic E-state index is 11.2. The molecule has 0 amide bonds. The van der Waals surface area contributed by atoms with Gasteiger partial charge in [0.05, 0.1) is 0 Å². The quantitative estimate of drug-likeness (QED) is 0.820. The van der Waals surface area contributed by atoms with E-state index in [2.05, 4.69) is 0 Å². The van der Waals surface area contributed by atoms with E-state index in [1.165, 1.54) is 5.57 Å². The van der Waals surface area contributed by atoms with E-state index >= 15 is 0 Å². The van der Waals surface area contributed by atoms with Crippen molar-refractivity contribution in [1.82, 2.24) is 4.57 Å². The van der Waals surface area contributed by atoms with Gasteiger partial charge in [0.15, 0.2) is 0 Å². The van der Waals surface area contributed by atoms with Crippen LogP contribution in [0.1, 0.15) is 24.3 Å². The van der Waals surface area contributed by atoms with Crippen LogP contribution in [0.5, 0.6) is 0 Å². The molecule has 0 unspecified atom stereocenters. The number of hydrogen-bond donors (Lipinski definition) is 1. The molecule has 0 aliphatic heterocycles. The lowest BCUT2D eigenvalue weighted by molar-refractivity contribution is 0.0686. The van der Waals surface area contributed by atoms with E-state index in [-0.39, 0.29) is 0 Å². The molecular weight excluding hydrogens is 214 g/mol. The Kier molecular flexibility index (Phi) is 3.00. The van der Waals surface area contributed by atoms with Gasteiger partial charge in [-0.15, -0.1) is 0 Å². The van der Waals surface area contributed by atoms with Crippen molar-refractivity contribution in [2.45, 2.75) is 20.4 Å². The number of aromatic carboxylic acids is 1. The first-order valence-electron chi connectivity index (χ1n) is 5.54.